The topological polar surface area (TPSA) is 29.1 Å². The summed E-state index contributed by atoms with van der Waals surface area (Å²) in [5.74, 6) is -2.48. The van der Waals surface area contributed by atoms with E-state index in [0.29, 0.717) is 11.8 Å². The fourth-order valence-electron chi connectivity index (χ4n) is 1.82. The molecule has 20 heavy (non-hydrogen) atoms. The molecule has 0 fully saturated rings. The number of hydrogen-bond donors (Lipinski definition) is 1. The van der Waals surface area contributed by atoms with Gasteiger partial charge < -0.3 is 5.32 Å². The molecular formula is C14H17Br2F2NO. The maximum Gasteiger partial charge on any atom is 0.257 e. The Morgan fingerprint density at radius 2 is 1.80 bits per heavy atom. The first-order valence-electron chi connectivity index (χ1n) is 6.18. The van der Waals surface area contributed by atoms with Crippen LogP contribution in [-0.2, 0) is 0 Å². The third-order valence-corrected chi connectivity index (χ3v) is 3.90. The van der Waals surface area contributed by atoms with Gasteiger partial charge in [-0.15, -0.1) is 0 Å². The molecule has 1 atom stereocenters. The lowest BCUT2D eigenvalue weighted by molar-refractivity contribution is 0.0892. The molecule has 0 spiro atoms. The second-order valence-corrected chi connectivity index (χ2v) is 7.32. The average Bonchev–Trinajstić information content (AvgIpc) is 2.25. The summed E-state index contributed by atoms with van der Waals surface area (Å²) in [5, 5.41) is 3.41. The highest BCUT2D eigenvalue weighted by Crippen LogP contribution is 2.24. The number of rotatable bonds is 4. The lowest BCUT2D eigenvalue weighted by atomic mass is 9.85. The largest absolute Gasteiger partial charge is 0.349 e. The molecule has 112 valence electrons. The molecule has 0 heterocycles. The van der Waals surface area contributed by atoms with Gasteiger partial charge in [-0.05, 0) is 24.0 Å². The van der Waals surface area contributed by atoms with Gasteiger partial charge in [0.2, 0.25) is 0 Å². The van der Waals surface area contributed by atoms with Crippen molar-refractivity contribution in [1.82, 2.24) is 5.32 Å². The van der Waals surface area contributed by atoms with Crippen molar-refractivity contribution in [2.45, 2.75) is 33.2 Å². The molecule has 0 aromatic heterocycles. The average molecular weight is 413 g/mol. The summed E-state index contributed by atoms with van der Waals surface area (Å²) in [5.41, 5.74) is -0.747. The normalized spacial score (nSPS) is 13.2. The van der Waals surface area contributed by atoms with E-state index < -0.39 is 23.1 Å². The third-order valence-electron chi connectivity index (χ3n) is 2.98. The SMILES string of the molecule is CC(C)(C)C(CCBr)NC(=O)c1c(F)cc(Br)cc1F. The molecule has 0 bridgehead atoms. The highest BCUT2D eigenvalue weighted by molar-refractivity contribution is 9.10. The molecule has 0 aliphatic rings. The maximum absolute atomic E-state index is 13.8. The molecular weight excluding hydrogens is 396 g/mol. The van der Waals surface area contributed by atoms with Crippen LogP contribution in [0.15, 0.2) is 16.6 Å². The Balaban J connectivity index is 3.01. The molecule has 1 rings (SSSR count). The molecule has 1 N–H and O–H groups in total. The van der Waals surface area contributed by atoms with Crippen molar-refractivity contribution >= 4 is 37.8 Å². The fraction of sp³-hybridized carbons (Fsp3) is 0.500. The number of hydrogen-bond acceptors (Lipinski definition) is 1. The van der Waals surface area contributed by atoms with Crippen molar-refractivity contribution in [3.63, 3.8) is 0 Å². The molecule has 0 radical (unpaired) electrons. The van der Waals surface area contributed by atoms with Crippen molar-refractivity contribution < 1.29 is 13.6 Å². The van der Waals surface area contributed by atoms with Gasteiger partial charge >= 0.3 is 0 Å². The third kappa shape index (κ3) is 4.52. The van der Waals surface area contributed by atoms with E-state index in [9.17, 15) is 13.6 Å². The molecule has 1 unspecified atom stereocenters. The van der Waals surface area contributed by atoms with Crippen LogP contribution < -0.4 is 5.32 Å². The summed E-state index contributed by atoms with van der Waals surface area (Å²) in [6, 6.07) is 1.97. The molecule has 1 aromatic rings. The Bertz CT molecular complexity index is 477. The number of halogens is 4. The van der Waals surface area contributed by atoms with Crippen molar-refractivity contribution in [3.8, 4) is 0 Å². The number of carbonyl (C=O) groups excluding carboxylic acids is 1. The van der Waals surface area contributed by atoms with E-state index in [1.807, 2.05) is 20.8 Å². The van der Waals surface area contributed by atoms with Gasteiger partial charge in [0, 0.05) is 15.8 Å². The van der Waals surface area contributed by atoms with E-state index in [4.69, 9.17) is 0 Å². The van der Waals surface area contributed by atoms with Gasteiger partial charge in [0.1, 0.15) is 17.2 Å². The summed E-state index contributed by atoms with van der Waals surface area (Å²) in [7, 11) is 0. The molecule has 1 aromatic carbocycles. The van der Waals surface area contributed by atoms with Crippen molar-refractivity contribution in [1.29, 1.82) is 0 Å². The molecule has 6 heteroatoms. The minimum Gasteiger partial charge on any atom is -0.349 e. The van der Waals surface area contributed by atoms with Crippen LogP contribution in [0.2, 0.25) is 0 Å². The van der Waals surface area contributed by atoms with Crippen molar-refractivity contribution in [2.24, 2.45) is 5.41 Å². The first kappa shape index (κ1) is 17.6. The van der Waals surface area contributed by atoms with Crippen LogP contribution in [0.3, 0.4) is 0 Å². The highest BCUT2D eigenvalue weighted by Gasteiger charge is 2.28. The second kappa shape index (κ2) is 6.98. The lowest BCUT2D eigenvalue weighted by Crippen LogP contribution is -2.44. The fourth-order valence-corrected chi connectivity index (χ4v) is 2.68. The highest BCUT2D eigenvalue weighted by atomic mass is 79.9. The molecule has 0 aliphatic heterocycles. The number of carbonyl (C=O) groups is 1. The minimum absolute atomic E-state index is 0.183. The minimum atomic E-state index is -0.874. The predicted molar refractivity (Wildman–Crippen MR) is 83.2 cm³/mol. The van der Waals surface area contributed by atoms with Gasteiger partial charge in [0.25, 0.3) is 5.91 Å². The van der Waals surface area contributed by atoms with Crippen LogP contribution in [0, 0.1) is 17.0 Å². The smallest absolute Gasteiger partial charge is 0.257 e. The summed E-state index contributed by atoms with van der Waals surface area (Å²) in [4.78, 5) is 12.1. The van der Waals surface area contributed by atoms with Gasteiger partial charge in [-0.1, -0.05) is 52.6 Å². The predicted octanol–water partition coefficient (Wildman–Crippen LogP) is 4.66. The van der Waals surface area contributed by atoms with Crippen molar-refractivity contribution in [2.75, 3.05) is 5.33 Å². The van der Waals surface area contributed by atoms with Gasteiger partial charge in [-0.2, -0.15) is 0 Å². The van der Waals surface area contributed by atoms with E-state index in [1.54, 1.807) is 0 Å². The first-order chi connectivity index (χ1) is 9.16. The number of amides is 1. The van der Waals surface area contributed by atoms with Crippen LogP contribution in [0.1, 0.15) is 37.6 Å². The number of alkyl halides is 1. The Hall–Kier alpha value is -0.490. The van der Waals surface area contributed by atoms with Crippen molar-refractivity contribution in [3.05, 3.63) is 33.8 Å². The summed E-state index contributed by atoms with van der Waals surface area (Å²) >= 11 is 6.31. The van der Waals surface area contributed by atoms with E-state index in [2.05, 4.69) is 37.2 Å². The lowest BCUT2D eigenvalue weighted by Gasteiger charge is -2.31. The van der Waals surface area contributed by atoms with Crippen LogP contribution in [-0.4, -0.2) is 17.3 Å². The maximum atomic E-state index is 13.8. The standard InChI is InChI=1S/C14H17Br2F2NO/c1-14(2,3)11(4-5-15)19-13(20)12-9(17)6-8(16)7-10(12)18/h6-7,11H,4-5H2,1-3H3,(H,19,20). The molecule has 0 aliphatic carbocycles. The first-order valence-corrected chi connectivity index (χ1v) is 8.09. The van der Waals surface area contributed by atoms with E-state index in [0.717, 1.165) is 12.1 Å². The van der Waals surface area contributed by atoms with Gasteiger partial charge in [0.15, 0.2) is 0 Å². The Kier molecular flexibility index (Phi) is 6.13. The number of nitrogens with one attached hydrogen (secondary N) is 1. The van der Waals surface area contributed by atoms with Crippen LogP contribution in [0.5, 0.6) is 0 Å². The molecule has 0 saturated heterocycles. The van der Waals surface area contributed by atoms with E-state index in [1.165, 1.54) is 0 Å². The Morgan fingerprint density at radius 1 is 1.30 bits per heavy atom. The summed E-state index contributed by atoms with van der Waals surface area (Å²) in [6.45, 7) is 5.90. The van der Waals surface area contributed by atoms with Crippen LogP contribution in [0.25, 0.3) is 0 Å². The van der Waals surface area contributed by atoms with Gasteiger partial charge in [-0.25, -0.2) is 8.78 Å². The summed E-state index contributed by atoms with van der Waals surface area (Å²) < 4.78 is 27.8. The molecule has 0 saturated carbocycles. The Morgan fingerprint density at radius 3 is 2.20 bits per heavy atom. The zero-order valence-corrected chi connectivity index (χ0v) is 14.7. The zero-order chi connectivity index (χ0) is 15.5. The Labute approximate surface area is 134 Å². The van der Waals surface area contributed by atoms with Gasteiger partial charge in [-0.3, -0.25) is 4.79 Å². The van der Waals surface area contributed by atoms with Crippen LogP contribution >= 0.6 is 31.9 Å². The monoisotopic (exact) mass is 411 g/mol. The summed E-state index contributed by atoms with van der Waals surface area (Å²) in [6.07, 6.45) is 0.676. The quantitative estimate of drug-likeness (QED) is 0.716. The molecule has 1 amide bonds. The second-order valence-electron chi connectivity index (χ2n) is 5.61. The molecule has 2 nitrogen and oxygen atoms in total. The van der Waals surface area contributed by atoms with Crippen LogP contribution in [0.4, 0.5) is 8.78 Å². The van der Waals surface area contributed by atoms with E-state index >= 15 is 0 Å². The zero-order valence-electron chi connectivity index (χ0n) is 11.6. The van der Waals surface area contributed by atoms with Gasteiger partial charge in [0.05, 0.1) is 0 Å². The number of benzene rings is 1. The van der Waals surface area contributed by atoms with E-state index in [-0.39, 0.29) is 15.9 Å².